The standard InChI is InChI=1S/C9H7ClN2O2S/c1-5-4-15-9(11-5)12-8(13)6-2-3-14-7(6)10/h2-4H,1H3,(H,11,12,13). The fourth-order valence-corrected chi connectivity index (χ4v) is 1.92. The topological polar surface area (TPSA) is 55.1 Å². The van der Waals surface area contributed by atoms with Gasteiger partial charge in [-0.3, -0.25) is 10.1 Å². The lowest BCUT2D eigenvalue weighted by Crippen LogP contribution is -2.11. The normalized spacial score (nSPS) is 10.3. The smallest absolute Gasteiger partial charge is 0.262 e. The second-order valence-corrected chi connectivity index (χ2v) is 4.06. The Morgan fingerprint density at radius 3 is 3.00 bits per heavy atom. The Hall–Kier alpha value is -1.33. The summed E-state index contributed by atoms with van der Waals surface area (Å²) < 4.78 is 4.82. The molecule has 2 aromatic heterocycles. The van der Waals surface area contributed by atoms with E-state index in [1.54, 1.807) is 0 Å². The van der Waals surface area contributed by atoms with E-state index in [9.17, 15) is 4.79 Å². The zero-order chi connectivity index (χ0) is 10.8. The molecule has 1 amide bonds. The van der Waals surface area contributed by atoms with Gasteiger partial charge in [-0.2, -0.15) is 0 Å². The van der Waals surface area contributed by atoms with E-state index < -0.39 is 0 Å². The second-order valence-electron chi connectivity index (χ2n) is 2.86. The van der Waals surface area contributed by atoms with Crippen molar-refractivity contribution in [1.82, 2.24) is 4.98 Å². The largest absolute Gasteiger partial charge is 0.452 e. The molecule has 0 spiro atoms. The van der Waals surface area contributed by atoms with Gasteiger partial charge in [-0.15, -0.1) is 11.3 Å². The number of furan rings is 1. The minimum Gasteiger partial charge on any atom is -0.452 e. The van der Waals surface area contributed by atoms with Crippen molar-refractivity contribution in [1.29, 1.82) is 0 Å². The molecule has 1 N–H and O–H groups in total. The summed E-state index contributed by atoms with van der Waals surface area (Å²) in [4.78, 5) is 15.7. The van der Waals surface area contributed by atoms with Crippen LogP contribution < -0.4 is 5.32 Å². The first-order valence-corrected chi connectivity index (χ1v) is 5.39. The first-order valence-electron chi connectivity index (χ1n) is 4.13. The molecule has 0 fully saturated rings. The van der Waals surface area contributed by atoms with Crippen LogP contribution in [0.5, 0.6) is 0 Å². The van der Waals surface area contributed by atoms with E-state index in [2.05, 4.69) is 10.3 Å². The Morgan fingerprint density at radius 1 is 1.67 bits per heavy atom. The summed E-state index contributed by atoms with van der Waals surface area (Å²) in [6.07, 6.45) is 1.37. The Morgan fingerprint density at radius 2 is 2.47 bits per heavy atom. The lowest BCUT2D eigenvalue weighted by atomic mass is 10.3. The van der Waals surface area contributed by atoms with Crippen LogP contribution in [0, 0.1) is 6.92 Å². The first-order chi connectivity index (χ1) is 7.16. The first kappa shape index (κ1) is 10.2. The lowest BCUT2D eigenvalue weighted by molar-refractivity contribution is 0.102. The van der Waals surface area contributed by atoms with Crippen molar-refractivity contribution in [2.24, 2.45) is 0 Å². The molecule has 2 rings (SSSR count). The third-order valence-electron chi connectivity index (χ3n) is 1.70. The van der Waals surface area contributed by atoms with E-state index in [0.29, 0.717) is 10.7 Å². The molecular weight excluding hydrogens is 236 g/mol. The van der Waals surface area contributed by atoms with Crippen molar-refractivity contribution in [2.45, 2.75) is 6.92 Å². The average Bonchev–Trinajstić information content (AvgIpc) is 2.75. The maximum atomic E-state index is 11.6. The fourth-order valence-electron chi connectivity index (χ4n) is 1.03. The summed E-state index contributed by atoms with van der Waals surface area (Å²) in [5.41, 5.74) is 1.18. The van der Waals surface area contributed by atoms with Gasteiger partial charge in [-0.1, -0.05) is 0 Å². The summed E-state index contributed by atoms with van der Waals surface area (Å²) in [7, 11) is 0. The highest BCUT2D eigenvalue weighted by molar-refractivity contribution is 7.13. The number of thiazole rings is 1. The highest BCUT2D eigenvalue weighted by Crippen LogP contribution is 2.20. The van der Waals surface area contributed by atoms with E-state index in [1.165, 1.54) is 23.7 Å². The number of hydrogen-bond acceptors (Lipinski definition) is 4. The number of aromatic nitrogens is 1. The average molecular weight is 243 g/mol. The number of aryl methyl sites for hydroxylation is 1. The summed E-state index contributed by atoms with van der Waals surface area (Å²) in [6.45, 7) is 1.86. The Labute approximate surface area is 94.9 Å². The van der Waals surface area contributed by atoms with Crippen LogP contribution in [0.25, 0.3) is 0 Å². The molecule has 0 atom stereocenters. The molecule has 2 heterocycles. The maximum absolute atomic E-state index is 11.6. The van der Waals surface area contributed by atoms with Crippen LogP contribution >= 0.6 is 22.9 Å². The molecule has 0 unspecified atom stereocenters. The molecule has 6 heteroatoms. The zero-order valence-electron chi connectivity index (χ0n) is 7.78. The van der Waals surface area contributed by atoms with Crippen molar-refractivity contribution < 1.29 is 9.21 Å². The number of carbonyl (C=O) groups excluding carboxylic acids is 1. The van der Waals surface area contributed by atoms with E-state index in [0.717, 1.165) is 5.69 Å². The number of halogens is 1. The van der Waals surface area contributed by atoms with Gasteiger partial charge in [0, 0.05) is 5.38 Å². The van der Waals surface area contributed by atoms with Crippen molar-refractivity contribution in [3.8, 4) is 0 Å². The third-order valence-corrected chi connectivity index (χ3v) is 2.87. The molecule has 4 nitrogen and oxygen atoms in total. The van der Waals surface area contributed by atoms with E-state index in [-0.39, 0.29) is 11.1 Å². The molecule has 0 radical (unpaired) electrons. The maximum Gasteiger partial charge on any atom is 0.262 e. The molecule has 0 bridgehead atoms. The molecule has 0 aromatic carbocycles. The van der Waals surface area contributed by atoms with Crippen LogP contribution in [-0.2, 0) is 0 Å². The number of hydrogen-bond donors (Lipinski definition) is 1. The SMILES string of the molecule is Cc1csc(NC(=O)c2ccoc2Cl)n1. The van der Waals surface area contributed by atoms with Gasteiger partial charge in [0.25, 0.3) is 5.91 Å². The molecule has 2 aromatic rings. The highest BCUT2D eigenvalue weighted by atomic mass is 35.5. The van der Waals surface area contributed by atoms with Gasteiger partial charge in [0.1, 0.15) is 0 Å². The summed E-state index contributed by atoms with van der Waals surface area (Å²) in [6, 6.07) is 1.51. The van der Waals surface area contributed by atoms with Crippen LogP contribution in [0.15, 0.2) is 22.1 Å². The third kappa shape index (κ3) is 2.19. The van der Waals surface area contributed by atoms with Gasteiger partial charge in [-0.25, -0.2) is 4.98 Å². The molecule has 0 aliphatic carbocycles. The molecule has 78 valence electrons. The predicted octanol–water partition coefficient (Wildman–Crippen LogP) is 2.95. The Kier molecular flexibility index (Phi) is 2.75. The van der Waals surface area contributed by atoms with E-state index in [1.807, 2.05) is 12.3 Å². The van der Waals surface area contributed by atoms with Gasteiger partial charge in [-0.05, 0) is 24.6 Å². The van der Waals surface area contributed by atoms with E-state index in [4.69, 9.17) is 16.0 Å². The quantitative estimate of drug-likeness (QED) is 0.881. The molecule has 0 aliphatic heterocycles. The highest BCUT2D eigenvalue weighted by Gasteiger charge is 2.14. The number of nitrogens with one attached hydrogen (secondary N) is 1. The number of carbonyl (C=O) groups is 1. The molecule has 0 saturated carbocycles. The minimum atomic E-state index is -0.317. The van der Waals surface area contributed by atoms with Crippen LogP contribution in [0.3, 0.4) is 0 Å². The lowest BCUT2D eigenvalue weighted by Gasteiger charge is -1.97. The fraction of sp³-hybridized carbons (Fsp3) is 0.111. The van der Waals surface area contributed by atoms with Gasteiger partial charge in [0.05, 0.1) is 17.5 Å². The number of anilines is 1. The van der Waals surface area contributed by atoms with Crippen molar-refractivity contribution in [3.63, 3.8) is 0 Å². The van der Waals surface area contributed by atoms with Crippen molar-refractivity contribution >= 4 is 34.0 Å². The predicted molar refractivity (Wildman–Crippen MR) is 58.5 cm³/mol. The number of amides is 1. The van der Waals surface area contributed by atoms with Crippen molar-refractivity contribution in [3.05, 3.63) is 34.2 Å². The molecular formula is C9H7ClN2O2S. The summed E-state index contributed by atoms with van der Waals surface area (Å²) in [5, 5.41) is 5.12. The van der Waals surface area contributed by atoms with Crippen LogP contribution in [0.1, 0.15) is 16.1 Å². The summed E-state index contributed by atoms with van der Waals surface area (Å²) >= 11 is 7.03. The van der Waals surface area contributed by atoms with Crippen LogP contribution in [0.2, 0.25) is 5.22 Å². The van der Waals surface area contributed by atoms with Gasteiger partial charge in [0.15, 0.2) is 5.13 Å². The Bertz CT molecular complexity index is 492. The number of nitrogens with zero attached hydrogens (tertiary/aromatic N) is 1. The van der Waals surface area contributed by atoms with E-state index >= 15 is 0 Å². The van der Waals surface area contributed by atoms with Crippen LogP contribution in [-0.4, -0.2) is 10.9 Å². The molecule has 0 aliphatic rings. The zero-order valence-corrected chi connectivity index (χ0v) is 9.35. The summed E-state index contributed by atoms with van der Waals surface area (Å²) in [5.74, 6) is -0.317. The molecule has 0 saturated heterocycles. The molecule has 15 heavy (non-hydrogen) atoms. The second kappa shape index (κ2) is 4.04. The number of rotatable bonds is 2. The Balaban J connectivity index is 2.14. The monoisotopic (exact) mass is 242 g/mol. The van der Waals surface area contributed by atoms with Gasteiger partial charge >= 0.3 is 0 Å². The van der Waals surface area contributed by atoms with Gasteiger partial charge < -0.3 is 4.42 Å². The van der Waals surface area contributed by atoms with Crippen LogP contribution in [0.4, 0.5) is 5.13 Å². The minimum absolute atomic E-state index is 0.0841. The van der Waals surface area contributed by atoms with Gasteiger partial charge in [0.2, 0.25) is 5.22 Å². The van der Waals surface area contributed by atoms with Crippen molar-refractivity contribution in [2.75, 3.05) is 5.32 Å².